The molecule has 0 saturated heterocycles. The SMILES string of the molecule is Cn1ccc2cc(N(C(N)=O)c3cccc(CNCc4ccc(Cl)cc4)c3)ccc21. The molecule has 1 aromatic heterocycles. The van der Waals surface area contributed by atoms with E-state index < -0.39 is 6.03 Å². The van der Waals surface area contributed by atoms with E-state index in [4.69, 9.17) is 17.3 Å². The molecule has 0 saturated carbocycles. The van der Waals surface area contributed by atoms with Crippen molar-refractivity contribution >= 4 is 39.9 Å². The number of carbonyl (C=O) groups excluding carboxylic acids is 1. The van der Waals surface area contributed by atoms with Gasteiger partial charge in [-0.2, -0.15) is 0 Å². The molecule has 0 aliphatic rings. The Morgan fingerprint density at radius 1 is 0.967 bits per heavy atom. The molecule has 4 aromatic rings. The number of urea groups is 1. The summed E-state index contributed by atoms with van der Waals surface area (Å²) in [5, 5.41) is 5.20. The second-order valence-corrected chi connectivity index (χ2v) is 7.68. The van der Waals surface area contributed by atoms with Gasteiger partial charge in [-0.05, 0) is 59.7 Å². The Hall–Kier alpha value is -3.28. The fraction of sp³-hybridized carbons (Fsp3) is 0.125. The summed E-state index contributed by atoms with van der Waals surface area (Å²) in [7, 11) is 1.99. The lowest BCUT2D eigenvalue weighted by Gasteiger charge is -2.21. The van der Waals surface area contributed by atoms with Crippen molar-refractivity contribution in [1.29, 1.82) is 0 Å². The Labute approximate surface area is 180 Å². The van der Waals surface area contributed by atoms with Crippen LogP contribution in [0.4, 0.5) is 16.2 Å². The second kappa shape index (κ2) is 8.61. The molecule has 3 aromatic carbocycles. The lowest BCUT2D eigenvalue weighted by molar-refractivity contribution is 0.256. The van der Waals surface area contributed by atoms with E-state index >= 15 is 0 Å². The van der Waals surface area contributed by atoms with Gasteiger partial charge in [-0.3, -0.25) is 4.90 Å². The van der Waals surface area contributed by atoms with E-state index in [1.54, 1.807) is 0 Å². The maximum atomic E-state index is 12.3. The molecule has 2 amide bonds. The van der Waals surface area contributed by atoms with Crippen molar-refractivity contribution in [2.45, 2.75) is 13.1 Å². The number of nitrogens with two attached hydrogens (primary N) is 1. The molecule has 0 spiro atoms. The zero-order valence-electron chi connectivity index (χ0n) is 16.7. The minimum Gasteiger partial charge on any atom is -0.351 e. The van der Waals surface area contributed by atoms with E-state index in [0.717, 1.165) is 45.0 Å². The highest BCUT2D eigenvalue weighted by atomic mass is 35.5. The average molecular weight is 419 g/mol. The normalized spacial score (nSPS) is 11.0. The van der Waals surface area contributed by atoms with Crippen molar-refractivity contribution in [1.82, 2.24) is 9.88 Å². The third-order valence-corrected chi connectivity index (χ3v) is 5.34. The molecular weight excluding hydrogens is 396 g/mol. The standard InChI is InChI=1S/C24H23ClN4O/c1-28-12-11-19-14-22(9-10-23(19)28)29(24(26)30)21-4-2-3-18(13-21)16-27-15-17-5-7-20(25)8-6-17/h2-14,27H,15-16H2,1H3,(H2,26,30). The molecule has 3 N–H and O–H groups in total. The monoisotopic (exact) mass is 418 g/mol. The number of fused-ring (bicyclic) bond motifs is 1. The summed E-state index contributed by atoms with van der Waals surface area (Å²) in [6.45, 7) is 1.40. The maximum absolute atomic E-state index is 12.3. The zero-order valence-corrected chi connectivity index (χ0v) is 17.4. The number of amides is 2. The summed E-state index contributed by atoms with van der Waals surface area (Å²) in [6, 6.07) is 23.0. The Kier molecular flexibility index (Phi) is 5.74. The van der Waals surface area contributed by atoms with E-state index in [0.29, 0.717) is 6.54 Å². The van der Waals surface area contributed by atoms with Crippen LogP contribution in [-0.2, 0) is 20.1 Å². The molecule has 0 aliphatic carbocycles. The summed E-state index contributed by atoms with van der Waals surface area (Å²) in [6.07, 6.45) is 2.00. The van der Waals surface area contributed by atoms with Crippen molar-refractivity contribution in [2.75, 3.05) is 4.90 Å². The summed E-state index contributed by atoms with van der Waals surface area (Å²) in [5.41, 5.74) is 10.5. The number of rotatable bonds is 6. The van der Waals surface area contributed by atoms with Gasteiger partial charge >= 0.3 is 6.03 Å². The first-order valence-corrected chi connectivity index (χ1v) is 10.1. The van der Waals surface area contributed by atoms with Crippen molar-refractivity contribution in [3.63, 3.8) is 0 Å². The smallest absolute Gasteiger partial charge is 0.323 e. The number of carbonyl (C=O) groups is 1. The van der Waals surface area contributed by atoms with E-state index in [2.05, 4.69) is 5.32 Å². The third-order valence-electron chi connectivity index (χ3n) is 5.09. The molecular formula is C24H23ClN4O. The first-order chi connectivity index (χ1) is 14.5. The predicted octanol–water partition coefficient (Wildman–Crippen LogP) is 5.34. The van der Waals surface area contributed by atoms with Gasteiger partial charge in [0.2, 0.25) is 0 Å². The zero-order chi connectivity index (χ0) is 21.1. The molecule has 0 bridgehead atoms. The number of hydrogen-bond donors (Lipinski definition) is 2. The lowest BCUT2D eigenvalue weighted by Crippen LogP contribution is -2.31. The van der Waals surface area contributed by atoms with E-state index in [9.17, 15) is 4.79 Å². The van der Waals surface area contributed by atoms with Gasteiger partial charge < -0.3 is 15.6 Å². The second-order valence-electron chi connectivity index (χ2n) is 7.24. The van der Waals surface area contributed by atoms with Crippen LogP contribution in [0.1, 0.15) is 11.1 Å². The number of nitrogens with zero attached hydrogens (tertiary/aromatic N) is 2. The molecule has 5 nitrogen and oxygen atoms in total. The van der Waals surface area contributed by atoms with Crippen LogP contribution >= 0.6 is 11.6 Å². The van der Waals surface area contributed by atoms with Crippen molar-refractivity contribution in [3.05, 3.63) is 95.1 Å². The Morgan fingerprint density at radius 3 is 2.47 bits per heavy atom. The highest BCUT2D eigenvalue weighted by Crippen LogP contribution is 2.29. The summed E-state index contributed by atoms with van der Waals surface area (Å²) in [4.78, 5) is 13.8. The first-order valence-electron chi connectivity index (χ1n) is 9.70. The Balaban J connectivity index is 1.53. The van der Waals surface area contributed by atoms with Crippen LogP contribution in [-0.4, -0.2) is 10.6 Å². The lowest BCUT2D eigenvalue weighted by atomic mass is 10.1. The molecule has 0 radical (unpaired) electrons. The van der Waals surface area contributed by atoms with Crippen molar-refractivity contribution < 1.29 is 4.79 Å². The van der Waals surface area contributed by atoms with Crippen LogP contribution in [0, 0.1) is 0 Å². The summed E-state index contributed by atoms with van der Waals surface area (Å²) < 4.78 is 2.04. The van der Waals surface area contributed by atoms with E-state index in [1.165, 1.54) is 4.90 Å². The van der Waals surface area contributed by atoms with Crippen LogP contribution in [0.25, 0.3) is 10.9 Å². The number of benzene rings is 3. The first kappa shape index (κ1) is 20.0. The fourth-order valence-electron chi connectivity index (χ4n) is 3.57. The highest BCUT2D eigenvalue weighted by Gasteiger charge is 2.16. The minimum absolute atomic E-state index is 0.517. The molecule has 152 valence electrons. The molecule has 0 aliphatic heterocycles. The van der Waals surface area contributed by atoms with Crippen LogP contribution in [0.5, 0.6) is 0 Å². The highest BCUT2D eigenvalue weighted by molar-refractivity contribution is 6.30. The van der Waals surface area contributed by atoms with Crippen LogP contribution < -0.4 is 16.0 Å². The third kappa shape index (κ3) is 4.32. The van der Waals surface area contributed by atoms with Gasteiger partial charge in [-0.25, -0.2) is 4.79 Å². The summed E-state index contributed by atoms with van der Waals surface area (Å²) in [5.74, 6) is 0. The maximum Gasteiger partial charge on any atom is 0.323 e. The van der Waals surface area contributed by atoms with Gasteiger partial charge in [-0.15, -0.1) is 0 Å². The van der Waals surface area contributed by atoms with E-state index in [1.807, 2.05) is 90.6 Å². The van der Waals surface area contributed by atoms with Gasteiger partial charge in [0.15, 0.2) is 0 Å². The average Bonchev–Trinajstić information content (AvgIpc) is 3.10. The largest absolute Gasteiger partial charge is 0.351 e. The van der Waals surface area contributed by atoms with Crippen LogP contribution in [0.2, 0.25) is 5.02 Å². The van der Waals surface area contributed by atoms with Gasteiger partial charge in [0.25, 0.3) is 0 Å². The van der Waals surface area contributed by atoms with Gasteiger partial charge in [0.05, 0.1) is 11.4 Å². The molecule has 30 heavy (non-hydrogen) atoms. The van der Waals surface area contributed by atoms with Crippen molar-refractivity contribution in [3.8, 4) is 0 Å². The van der Waals surface area contributed by atoms with Crippen LogP contribution in [0.3, 0.4) is 0 Å². The minimum atomic E-state index is -0.517. The fourth-order valence-corrected chi connectivity index (χ4v) is 3.70. The topological polar surface area (TPSA) is 63.3 Å². The van der Waals surface area contributed by atoms with Crippen LogP contribution in [0.15, 0.2) is 79.0 Å². The number of hydrogen-bond acceptors (Lipinski definition) is 2. The molecule has 0 unspecified atom stereocenters. The Bertz CT molecular complexity index is 1180. The Morgan fingerprint density at radius 2 is 1.70 bits per heavy atom. The molecule has 6 heteroatoms. The molecule has 1 heterocycles. The van der Waals surface area contributed by atoms with Gasteiger partial charge in [-0.1, -0.05) is 35.9 Å². The predicted molar refractivity (Wildman–Crippen MR) is 123 cm³/mol. The number of anilines is 2. The van der Waals surface area contributed by atoms with Gasteiger partial charge in [0.1, 0.15) is 0 Å². The van der Waals surface area contributed by atoms with Crippen molar-refractivity contribution in [2.24, 2.45) is 12.8 Å². The molecule has 0 atom stereocenters. The van der Waals surface area contributed by atoms with Gasteiger partial charge in [0, 0.05) is 42.3 Å². The number of nitrogens with one attached hydrogen (secondary N) is 1. The number of aryl methyl sites for hydroxylation is 1. The number of primary amides is 1. The molecule has 0 fully saturated rings. The molecule has 4 rings (SSSR count). The summed E-state index contributed by atoms with van der Waals surface area (Å²) >= 11 is 5.93. The van der Waals surface area contributed by atoms with E-state index in [-0.39, 0.29) is 0 Å². The number of halogens is 1. The quantitative estimate of drug-likeness (QED) is 0.444. The number of aromatic nitrogens is 1.